The molecule has 1 aromatic carbocycles. The SMILES string of the molecule is OP(OOC(C(F)(F)F)C(F)(F)F)c1ccccc1. The van der Waals surface area contributed by atoms with Gasteiger partial charge in [0.2, 0.25) is 8.38 Å². The van der Waals surface area contributed by atoms with Gasteiger partial charge in [0.05, 0.1) is 0 Å². The number of hydrogen-bond donors (Lipinski definition) is 1. The van der Waals surface area contributed by atoms with E-state index >= 15 is 0 Å². The topological polar surface area (TPSA) is 38.7 Å². The maximum absolute atomic E-state index is 12.1. The first-order valence-electron chi connectivity index (χ1n) is 4.63. The van der Waals surface area contributed by atoms with E-state index in [9.17, 15) is 31.2 Å². The molecule has 108 valence electrons. The molecule has 0 saturated carbocycles. The zero-order chi connectivity index (χ0) is 14.7. The second-order valence-corrected chi connectivity index (χ2v) is 4.45. The highest BCUT2D eigenvalue weighted by Gasteiger charge is 2.59. The maximum Gasteiger partial charge on any atom is 0.426 e. The van der Waals surface area contributed by atoms with Gasteiger partial charge in [0.1, 0.15) is 0 Å². The Morgan fingerprint density at radius 1 is 0.947 bits per heavy atom. The quantitative estimate of drug-likeness (QED) is 0.402. The number of hydrogen-bond acceptors (Lipinski definition) is 3. The van der Waals surface area contributed by atoms with Crippen LogP contribution in [-0.2, 0) is 9.56 Å². The molecule has 0 aliphatic carbocycles. The Morgan fingerprint density at radius 2 is 1.42 bits per heavy atom. The van der Waals surface area contributed by atoms with Gasteiger partial charge in [-0.3, -0.25) is 0 Å². The van der Waals surface area contributed by atoms with Crippen LogP contribution in [-0.4, -0.2) is 23.3 Å². The maximum atomic E-state index is 12.1. The lowest BCUT2D eigenvalue weighted by molar-refractivity contribution is -0.397. The van der Waals surface area contributed by atoms with Crippen LogP contribution in [0.25, 0.3) is 0 Å². The Labute approximate surface area is 104 Å². The van der Waals surface area contributed by atoms with E-state index in [0.717, 1.165) is 0 Å². The van der Waals surface area contributed by atoms with Crippen molar-refractivity contribution >= 4 is 13.7 Å². The zero-order valence-corrected chi connectivity index (χ0v) is 9.84. The monoisotopic (exact) mass is 308 g/mol. The third-order valence-corrected chi connectivity index (χ3v) is 2.75. The Hall–Kier alpha value is -0.890. The highest BCUT2D eigenvalue weighted by Crippen LogP contribution is 2.39. The number of rotatable bonds is 4. The molecule has 0 radical (unpaired) electrons. The van der Waals surface area contributed by atoms with Gasteiger partial charge < -0.3 is 4.89 Å². The van der Waals surface area contributed by atoms with Gasteiger partial charge in [0, 0.05) is 5.30 Å². The molecule has 0 aliphatic heterocycles. The van der Waals surface area contributed by atoms with Crippen molar-refractivity contribution < 1.29 is 40.8 Å². The fraction of sp³-hybridized carbons (Fsp3) is 0.333. The van der Waals surface area contributed by atoms with E-state index in [1.807, 2.05) is 0 Å². The van der Waals surface area contributed by atoms with Crippen molar-refractivity contribution in [2.45, 2.75) is 18.5 Å². The Morgan fingerprint density at radius 3 is 1.84 bits per heavy atom. The summed E-state index contributed by atoms with van der Waals surface area (Å²) < 4.78 is 76.2. The van der Waals surface area contributed by atoms with Crippen molar-refractivity contribution in [3.8, 4) is 0 Å². The first-order valence-corrected chi connectivity index (χ1v) is 5.84. The summed E-state index contributed by atoms with van der Waals surface area (Å²) in [7, 11) is -2.72. The van der Waals surface area contributed by atoms with Crippen molar-refractivity contribution in [3.05, 3.63) is 30.3 Å². The summed E-state index contributed by atoms with van der Waals surface area (Å²) in [5, 5.41) is 0.0144. The summed E-state index contributed by atoms with van der Waals surface area (Å²) >= 11 is 0. The zero-order valence-electron chi connectivity index (χ0n) is 8.94. The van der Waals surface area contributed by atoms with Crippen molar-refractivity contribution in [1.82, 2.24) is 0 Å². The Bertz CT molecular complexity index is 379. The fourth-order valence-electron chi connectivity index (χ4n) is 0.977. The van der Waals surface area contributed by atoms with Crippen molar-refractivity contribution in [2.24, 2.45) is 0 Å². The second kappa shape index (κ2) is 6.04. The minimum atomic E-state index is -5.69. The second-order valence-electron chi connectivity index (χ2n) is 3.24. The third kappa shape index (κ3) is 4.94. The van der Waals surface area contributed by atoms with E-state index in [2.05, 4.69) is 9.56 Å². The van der Waals surface area contributed by atoms with Crippen LogP contribution < -0.4 is 5.30 Å². The Balaban J connectivity index is 2.68. The summed E-state index contributed by atoms with van der Waals surface area (Å²) in [6.07, 6.45) is -15.5. The van der Waals surface area contributed by atoms with Crippen LogP contribution >= 0.6 is 8.38 Å². The fourth-order valence-corrected chi connectivity index (χ4v) is 1.66. The van der Waals surface area contributed by atoms with Crippen LogP contribution in [0.3, 0.4) is 0 Å². The molecule has 0 heterocycles. The minimum absolute atomic E-state index is 0.0144. The summed E-state index contributed by atoms with van der Waals surface area (Å²) in [5.74, 6) is 0. The molecule has 1 rings (SSSR count). The van der Waals surface area contributed by atoms with Gasteiger partial charge in [-0.1, -0.05) is 18.2 Å². The molecule has 0 amide bonds. The van der Waals surface area contributed by atoms with E-state index in [4.69, 9.17) is 0 Å². The van der Waals surface area contributed by atoms with E-state index in [-0.39, 0.29) is 5.30 Å². The van der Waals surface area contributed by atoms with Gasteiger partial charge in [0.15, 0.2) is 0 Å². The highest BCUT2D eigenvalue weighted by atomic mass is 31.2. The largest absolute Gasteiger partial charge is 0.426 e. The number of alkyl halides is 6. The van der Waals surface area contributed by atoms with Gasteiger partial charge >= 0.3 is 12.4 Å². The van der Waals surface area contributed by atoms with Crippen LogP contribution in [0.15, 0.2) is 30.3 Å². The van der Waals surface area contributed by atoms with Gasteiger partial charge in [-0.25, -0.2) is 4.89 Å². The molecule has 3 nitrogen and oxygen atoms in total. The average molecular weight is 308 g/mol. The van der Waals surface area contributed by atoms with Crippen molar-refractivity contribution in [1.29, 1.82) is 0 Å². The molecule has 0 fully saturated rings. The van der Waals surface area contributed by atoms with E-state index in [1.165, 1.54) is 24.3 Å². The van der Waals surface area contributed by atoms with Crippen LogP contribution in [0.2, 0.25) is 0 Å². The molecule has 0 bridgehead atoms. The minimum Gasteiger partial charge on any atom is -0.345 e. The lowest BCUT2D eigenvalue weighted by Crippen LogP contribution is -2.44. The van der Waals surface area contributed by atoms with Gasteiger partial charge in [0.25, 0.3) is 6.10 Å². The molecule has 19 heavy (non-hydrogen) atoms. The lowest BCUT2D eigenvalue weighted by Gasteiger charge is -2.22. The molecule has 1 aromatic rings. The standard InChI is InChI=1S/C9H7F6O3P/c10-8(11,12)7(9(13,14)15)17-18-19(16)6-4-2-1-3-5-6/h1-5,7,16H. The van der Waals surface area contributed by atoms with Gasteiger partial charge in [-0.2, -0.15) is 31.0 Å². The molecule has 1 unspecified atom stereocenters. The highest BCUT2D eigenvalue weighted by molar-refractivity contribution is 7.54. The third-order valence-electron chi connectivity index (χ3n) is 1.78. The first-order chi connectivity index (χ1) is 8.62. The molecule has 1 N–H and O–H groups in total. The van der Waals surface area contributed by atoms with Crippen molar-refractivity contribution in [3.63, 3.8) is 0 Å². The van der Waals surface area contributed by atoms with Crippen LogP contribution in [0, 0.1) is 0 Å². The molecule has 0 aromatic heterocycles. The van der Waals surface area contributed by atoms with Crippen molar-refractivity contribution in [2.75, 3.05) is 0 Å². The molecule has 0 saturated heterocycles. The summed E-state index contributed by atoms with van der Waals surface area (Å²) in [4.78, 5) is 12.6. The molecule has 10 heteroatoms. The lowest BCUT2D eigenvalue weighted by atomic mass is 10.3. The van der Waals surface area contributed by atoms with E-state index in [1.54, 1.807) is 6.07 Å². The smallest absolute Gasteiger partial charge is 0.345 e. The average Bonchev–Trinajstić information content (AvgIpc) is 2.26. The first kappa shape index (κ1) is 16.2. The molecular formula is C9H7F6O3P. The number of halogens is 6. The predicted octanol–water partition coefficient (Wildman–Crippen LogP) is 3.06. The van der Waals surface area contributed by atoms with E-state index in [0.29, 0.717) is 0 Å². The van der Waals surface area contributed by atoms with Gasteiger partial charge in [-0.05, 0) is 12.1 Å². The molecule has 1 atom stereocenters. The summed E-state index contributed by atoms with van der Waals surface area (Å²) in [5.41, 5.74) is 0. The van der Waals surface area contributed by atoms with Crippen LogP contribution in [0.1, 0.15) is 0 Å². The van der Waals surface area contributed by atoms with Crippen LogP contribution in [0.4, 0.5) is 26.3 Å². The normalized spacial score (nSPS) is 14.7. The Kier molecular flexibility index (Phi) is 5.14. The predicted molar refractivity (Wildman–Crippen MR) is 53.3 cm³/mol. The summed E-state index contributed by atoms with van der Waals surface area (Å²) in [6.45, 7) is 0. The number of benzene rings is 1. The summed E-state index contributed by atoms with van der Waals surface area (Å²) in [6, 6.07) is 6.93. The molecule has 0 aliphatic rings. The van der Waals surface area contributed by atoms with Gasteiger partial charge in [-0.15, -0.1) is 0 Å². The molecular weight excluding hydrogens is 301 g/mol. The molecule has 0 spiro atoms. The van der Waals surface area contributed by atoms with E-state index < -0.39 is 26.8 Å². The van der Waals surface area contributed by atoms with Crippen LogP contribution in [0.5, 0.6) is 0 Å².